The van der Waals surface area contributed by atoms with Crippen molar-refractivity contribution in [2.45, 2.75) is 30.5 Å². The van der Waals surface area contributed by atoms with Gasteiger partial charge in [0.1, 0.15) is 0 Å². The maximum atomic E-state index is 12.7. The summed E-state index contributed by atoms with van der Waals surface area (Å²) in [5.41, 5.74) is 1.91. The van der Waals surface area contributed by atoms with E-state index < -0.39 is 5.76 Å². The minimum Gasteiger partial charge on any atom is -0.377 e. The standard InChI is InChI=1S/C17H19F2NS/c1-12(2)16(13-8-4-3-5-9-13)20-14-10-6-7-11-15(14)21-17(18)19/h3-12,16-17,20H,1-2H3. The molecule has 0 aromatic heterocycles. The number of para-hydroxylation sites is 1. The molecule has 0 saturated heterocycles. The monoisotopic (exact) mass is 307 g/mol. The highest BCUT2D eigenvalue weighted by atomic mass is 32.2. The summed E-state index contributed by atoms with van der Waals surface area (Å²) in [7, 11) is 0. The van der Waals surface area contributed by atoms with Crippen LogP contribution in [0.2, 0.25) is 0 Å². The Hall–Kier alpha value is -1.55. The van der Waals surface area contributed by atoms with E-state index in [9.17, 15) is 8.78 Å². The van der Waals surface area contributed by atoms with Crippen LogP contribution in [-0.2, 0) is 0 Å². The first-order valence-corrected chi connectivity index (χ1v) is 7.81. The Labute approximate surface area is 128 Å². The van der Waals surface area contributed by atoms with E-state index in [1.807, 2.05) is 30.3 Å². The molecule has 0 aliphatic carbocycles. The van der Waals surface area contributed by atoms with Crippen molar-refractivity contribution < 1.29 is 8.78 Å². The van der Waals surface area contributed by atoms with E-state index in [4.69, 9.17) is 0 Å². The quantitative estimate of drug-likeness (QED) is 0.676. The van der Waals surface area contributed by atoms with Gasteiger partial charge < -0.3 is 5.32 Å². The van der Waals surface area contributed by atoms with Crippen molar-refractivity contribution in [2.75, 3.05) is 5.32 Å². The van der Waals surface area contributed by atoms with Gasteiger partial charge in [-0.15, -0.1) is 0 Å². The molecule has 0 saturated carbocycles. The number of benzene rings is 2. The minimum atomic E-state index is -2.41. The predicted molar refractivity (Wildman–Crippen MR) is 85.9 cm³/mol. The fourth-order valence-electron chi connectivity index (χ4n) is 2.25. The Morgan fingerprint density at radius 1 is 0.905 bits per heavy atom. The molecule has 0 aliphatic rings. The summed E-state index contributed by atoms with van der Waals surface area (Å²) in [4.78, 5) is 0.578. The molecule has 2 aromatic rings. The van der Waals surface area contributed by atoms with Gasteiger partial charge in [-0.05, 0) is 23.6 Å². The SMILES string of the molecule is CC(C)C(Nc1ccccc1SC(F)F)c1ccccc1. The molecule has 1 atom stereocenters. The van der Waals surface area contributed by atoms with Crippen LogP contribution in [0.1, 0.15) is 25.5 Å². The van der Waals surface area contributed by atoms with E-state index in [1.54, 1.807) is 12.1 Å². The Morgan fingerprint density at radius 3 is 2.14 bits per heavy atom. The van der Waals surface area contributed by atoms with Crippen molar-refractivity contribution in [2.24, 2.45) is 5.92 Å². The molecule has 2 rings (SSSR count). The van der Waals surface area contributed by atoms with Crippen molar-refractivity contribution in [3.05, 3.63) is 60.2 Å². The summed E-state index contributed by atoms with van der Waals surface area (Å²) in [5.74, 6) is -2.07. The highest BCUT2D eigenvalue weighted by Crippen LogP contribution is 2.35. The molecule has 0 radical (unpaired) electrons. The highest BCUT2D eigenvalue weighted by molar-refractivity contribution is 7.99. The Bertz CT molecular complexity index is 558. The number of hydrogen-bond donors (Lipinski definition) is 1. The van der Waals surface area contributed by atoms with Crippen LogP contribution in [0.25, 0.3) is 0 Å². The topological polar surface area (TPSA) is 12.0 Å². The van der Waals surface area contributed by atoms with Crippen LogP contribution < -0.4 is 5.32 Å². The smallest absolute Gasteiger partial charge is 0.288 e. The summed E-state index contributed by atoms with van der Waals surface area (Å²) < 4.78 is 25.3. The van der Waals surface area contributed by atoms with Crippen LogP contribution in [0, 0.1) is 5.92 Å². The van der Waals surface area contributed by atoms with E-state index in [-0.39, 0.29) is 6.04 Å². The molecular weight excluding hydrogens is 288 g/mol. The van der Waals surface area contributed by atoms with Crippen LogP contribution in [0.5, 0.6) is 0 Å². The third-order valence-electron chi connectivity index (χ3n) is 3.24. The van der Waals surface area contributed by atoms with Crippen molar-refractivity contribution in [3.63, 3.8) is 0 Å². The number of nitrogens with one attached hydrogen (secondary N) is 1. The van der Waals surface area contributed by atoms with Crippen LogP contribution >= 0.6 is 11.8 Å². The molecule has 1 nitrogen and oxygen atoms in total. The normalized spacial score (nSPS) is 12.7. The summed E-state index contributed by atoms with van der Waals surface area (Å²) in [5, 5.41) is 3.41. The van der Waals surface area contributed by atoms with E-state index in [2.05, 4.69) is 31.3 Å². The maximum absolute atomic E-state index is 12.7. The summed E-state index contributed by atoms with van der Waals surface area (Å²) in [6.45, 7) is 4.24. The third kappa shape index (κ3) is 4.46. The van der Waals surface area contributed by atoms with Crippen molar-refractivity contribution in [1.29, 1.82) is 0 Å². The van der Waals surface area contributed by atoms with Gasteiger partial charge >= 0.3 is 0 Å². The predicted octanol–water partition coefficient (Wildman–Crippen LogP) is 5.81. The highest BCUT2D eigenvalue weighted by Gasteiger charge is 2.17. The average molecular weight is 307 g/mol. The number of anilines is 1. The first-order valence-electron chi connectivity index (χ1n) is 6.93. The fraction of sp³-hybridized carbons (Fsp3) is 0.294. The first kappa shape index (κ1) is 15.8. The zero-order chi connectivity index (χ0) is 15.2. The molecule has 0 bridgehead atoms. The molecule has 0 amide bonds. The number of alkyl halides is 2. The van der Waals surface area contributed by atoms with Crippen LogP contribution in [0.3, 0.4) is 0 Å². The van der Waals surface area contributed by atoms with Crippen molar-refractivity contribution >= 4 is 17.4 Å². The lowest BCUT2D eigenvalue weighted by molar-refractivity contribution is 0.252. The first-order chi connectivity index (χ1) is 10.1. The summed E-state index contributed by atoms with van der Waals surface area (Å²) in [6, 6.07) is 17.4. The summed E-state index contributed by atoms with van der Waals surface area (Å²) in [6.07, 6.45) is 0. The third-order valence-corrected chi connectivity index (χ3v) is 4.03. The molecule has 0 fully saturated rings. The van der Waals surface area contributed by atoms with E-state index in [1.165, 1.54) is 0 Å². The van der Waals surface area contributed by atoms with Crippen LogP contribution in [-0.4, -0.2) is 5.76 Å². The molecule has 4 heteroatoms. The van der Waals surface area contributed by atoms with Gasteiger partial charge in [-0.1, -0.05) is 68.1 Å². The van der Waals surface area contributed by atoms with Gasteiger partial charge in [-0.25, -0.2) is 0 Å². The van der Waals surface area contributed by atoms with Gasteiger partial charge in [-0.2, -0.15) is 8.78 Å². The fourth-order valence-corrected chi connectivity index (χ4v) is 2.85. The molecule has 1 N–H and O–H groups in total. The van der Waals surface area contributed by atoms with Crippen LogP contribution in [0.15, 0.2) is 59.5 Å². The molecular formula is C17H19F2NS. The molecule has 0 spiro atoms. The Kier molecular flexibility index (Phi) is 5.62. The lowest BCUT2D eigenvalue weighted by atomic mass is 9.96. The van der Waals surface area contributed by atoms with E-state index >= 15 is 0 Å². The zero-order valence-electron chi connectivity index (χ0n) is 12.1. The molecule has 0 heterocycles. The summed E-state index contributed by atoms with van der Waals surface area (Å²) >= 11 is 0.578. The van der Waals surface area contributed by atoms with Gasteiger partial charge in [0.15, 0.2) is 0 Å². The van der Waals surface area contributed by atoms with E-state index in [0.717, 1.165) is 11.3 Å². The van der Waals surface area contributed by atoms with Gasteiger partial charge in [0.2, 0.25) is 0 Å². The Morgan fingerprint density at radius 2 is 1.52 bits per heavy atom. The van der Waals surface area contributed by atoms with Crippen LogP contribution in [0.4, 0.5) is 14.5 Å². The average Bonchev–Trinajstić information content (AvgIpc) is 2.46. The van der Waals surface area contributed by atoms with Gasteiger partial charge in [-0.3, -0.25) is 0 Å². The Balaban J connectivity index is 2.26. The number of halogens is 2. The van der Waals surface area contributed by atoms with Crippen molar-refractivity contribution in [1.82, 2.24) is 0 Å². The largest absolute Gasteiger partial charge is 0.377 e. The molecule has 2 aromatic carbocycles. The second kappa shape index (κ2) is 7.46. The zero-order valence-corrected chi connectivity index (χ0v) is 12.9. The van der Waals surface area contributed by atoms with Gasteiger partial charge in [0, 0.05) is 10.6 Å². The molecule has 0 aliphatic heterocycles. The van der Waals surface area contributed by atoms with Crippen molar-refractivity contribution in [3.8, 4) is 0 Å². The van der Waals surface area contributed by atoms with Gasteiger partial charge in [0.25, 0.3) is 5.76 Å². The second-order valence-electron chi connectivity index (χ2n) is 5.15. The number of thioether (sulfide) groups is 1. The molecule has 21 heavy (non-hydrogen) atoms. The molecule has 1 unspecified atom stereocenters. The van der Waals surface area contributed by atoms with Gasteiger partial charge in [0.05, 0.1) is 6.04 Å². The maximum Gasteiger partial charge on any atom is 0.288 e. The molecule has 112 valence electrons. The van der Waals surface area contributed by atoms with E-state index in [0.29, 0.717) is 22.6 Å². The lowest BCUT2D eigenvalue weighted by Crippen LogP contribution is -2.17. The number of hydrogen-bond acceptors (Lipinski definition) is 2. The lowest BCUT2D eigenvalue weighted by Gasteiger charge is -2.25. The second-order valence-corrected chi connectivity index (χ2v) is 6.18. The number of rotatable bonds is 6. The minimum absolute atomic E-state index is 0.0885.